The molecule has 1 aromatic heterocycles. The van der Waals surface area contributed by atoms with Crippen LogP contribution in [0.15, 0.2) is 47.7 Å². The van der Waals surface area contributed by atoms with Crippen molar-refractivity contribution in [2.24, 2.45) is 0 Å². The van der Waals surface area contributed by atoms with Gasteiger partial charge in [0.1, 0.15) is 5.78 Å². The first-order valence-corrected chi connectivity index (χ1v) is 8.66. The summed E-state index contributed by atoms with van der Waals surface area (Å²) in [6, 6.07) is 1.72. The van der Waals surface area contributed by atoms with Crippen LogP contribution in [0.4, 0.5) is 0 Å². The zero-order chi connectivity index (χ0) is 19.4. The van der Waals surface area contributed by atoms with E-state index in [1.165, 1.54) is 0 Å². The number of hydrogen-bond acceptors (Lipinski definition) is 5. The molecule has 0 fully saturated rings. The van der Waals surface area contributed by atoms with E-state index in [4.69, 9.17) is 14.2 Å². The van der Waals surface area contributed by atoms with Gasteiger partial charge in [-0.15, -0.1) is 0 Å². The minimum Gasteiger partial charge on any atom is -0.493 e. The molecule has 0 atom stereocenters. The normalized spacial score (nSPS) is 12.5. The van der Waals surface area contributed by atoms with Crippen molar-refractivity contribution in [2.75, 3.05) is 27.9 Å². The molecule has 0 saturated carbocycles. The van der Waals surface area contributed by atoms with Gasteiger partial charge in [-0.3, -0.25) is 9.78 Å². The second-order valence-corrected chi connectivity index (χ2v) is 5.76. The highest BCUT2D eigenvalue weighted by Crippen LogP contribution is 2.29. The maximum atomic E-state index is 12.6. The summed E-state index contributed by atoms with van der Waals surface area (Å²) in [7, 11) is 4.77. The van der Waals surface area contributed by atoms with Crippen LogP contribution >= 0.6 is 0 Å². The Bertz CT molecular complexity index is 675. The van der Waals surface area contributed by atoms with Gasteiger partial charge in [0, 0.05) is 25.8 Å². The Hall–Kier alpha value is -2.40. The number of carbonyl (C=O) groups excluding carboxylic acids is 1. The molecule has 0 radical (unpaired) electrons. The second-order valence-electron chi connectivity index (χ2n) is 5.76. The number of Topliss-reactive ketones (excluding diaryl/α,β-unsaturated/α-hetero) is 1. The van der Waals surface area contributed by atoms with Crippen molar-refractivity contribution in [1.82, 2.24) is 4.98 Å². The first-order valence-electron chi connectivity index (χ1n) is 8.66. The van der Waals surface area contributed by atoms with E-state index in [2.05, 4.69) is 18.0 Å². The summed E-state index contributed by atoms with van der Waals surface area (Å²) in [5.74, 6) is 1.15. The van der Waals surface area contributed by atoms with Gasteiger partial charge in [-0.1, -0.05) is 31.2 Å². The summed E-state index contributed by atoms with van der Waals surface area (Å²) in [5, 5.41) is 0. The van der Waals surface area contributed by atoms with Gasteiger partial charge in [0.2, 0.25) is 0 Å². The lowest BCUT2D eigenvalue weighted by Crippen LogP contribution is -2.08. The fourth-order valence-electron chi connectivity index (χ4n) is 2.46. The Morgan fingerprint density at radius 1 is 1.15 bits per heavy atom. The third kappa shape index (κ3) is 6.84. The summed E-state index contributed by atoms with van der Waals surface area (Å²) in [5.41, 5.74) is 2.62. The van der Waals surface area contributed by atoms with Crippen LogP contribution in [0.1, 0.15) is 32.4 Å². The SMILES string of the molecule is CC\C=C/C(CC(=O)Cc1nccc(OC)c1OC)=C(C)/C=C\COC. The van der Waals surface area contributed by atoms with Crippen LogP contribution in [-0.2, 0) is 16.0 Å². The van der Waals surface area contributed by atoms with Gasteiger partial charge < -0.3 is 14.2 Å². The zero-order valence-corrected chi connectivity index (χ0v) is 16.4. The molecular weight excluding hydrogens is 330 g/mol. The van der Waals surface area contributed by atoms with Gasteiger partial charge in [0.05, 0.1) is 32.9 Å². The molecule has 0 aliphatic rings. The average molecular weight is 359 g/mol. The fraction of sp³-hybridized carbons (Fsp3) is 0.429. The van der Waals surface area contributed by atoms with Crippen molar-refractivity contribution in [3.63, 3.8) is 0 Å². The maximum absolute atomic E-state index is 12.6. The number of rotatable bonds is 11. The molecule has 5 nitrogen and oxygen atoms in total. The summed E-state index contributed by atoms with van der Waals surface area (Å²) in [4.78, 5) is 16.9. The molecule has 0 saturated heterocycles. The number of ether oxygens (including phenoxy) is 3. The van der Waals surface area contributed by atoms with Crippen LogP contribution in [0.25, 0.3) is 0 Å². The van der Waals surface area contributed by atoms with E-state index in [0.717, 1.165) is 17.6 Å². The second kappa shape index (κ2) is 12.0. The molecule has 0 aliphatic heterocycles. The number of aromatic nitrogens is 1. The quantitative estimate of drug-likeness (QED) is 0.557. The molecule has 0 bridgehead atoms. The van der Waals surface area contributed by atoms with Crippen molar-refractivity contribution in [1.29, 1.82) is 0 Å². The van der Waals surface area contributed by atoms with E-state index in [1.807, 2.05) is 25.2 Å². The predicted molar refractivity (Wildman–Crippen MR) is 104 cm³/mol. The molecular formula is C21H29NO4. The van der Waals surface area contributed by atoms with Crippen LogP contribution in [0.3, 0.4) is 0 Å². The number of nitrogens with zero attached hydrogens (tertiary/aromatic N) is 1. The van der Waals surface area contributed by atoms with Crippen LogP contribution in [-0.4, -0.2) is 38.7 Å². The average Bonchev–Trinajstić information content (AvgIpc) is 2.64. The van der Waals surface area contributed by atoms with Crippen LogP contribution in [0.2, 0.25) is 0 Å². The largest absolute Gasteiger partial charge is 0.493 e. The lowest BCUT2D eigenvalue weighted by atomic mass is 9.99. The standard InChI is InChI=1S/C21H29NO4/c1-6-7-10-17(16(2)9-8-13-24-3)14-18(23)15-19-21(26-5)20(25-4)11-12-22-19/h7-12H,6,13-15H2,1-5H3/b9-8-,10-7-,17-16-. The van der Waals surface area contributed by atoms with Crippen LogP contribution in [0.5, 0.6) is 11.5 Å². The fourth-order valence-corrected chi connectivity index (χ4v) is 2.46. The van der Waals surface area contributed by atoms with Crippen LogP contribution in [0, 0.1) is 0 Å². The van der Waals surface area contributed by atoms with Crippen molar-refractivity contribution in [2.45, 2.75) is 33.1 Å². The molecule has 0 aromatic carbocycles. The first-order chi connectivity index (χ1) is 12.6. The van der Waals surface area contributed by atoms with Crippen molar-refractivity contribution >= 4 is 5.78 Å². The Balaban J connectivity index is 2.97. The van der Waals surface area contributed by atoms with E-state index in [9.17, 15) is 4.79 Å². The van der Waals surface area contributed by atoms with Gasteiger partial charge in [0.25, 0.3) is 0 Å². The van der Waals surface area contributed by atoms with Gasteiger partial charge in [-0.05, 0) is 24.5 Å². The Labute approximate surface area is 156 Å². The molecule has 0 unspecified atom stereocenters. The molecule has 0 spiro atoms. The van der Waals surface area contributed by atoms with Gasteiger partial charge in [-0.2, -0.15) is 0 Å². The highest BCUT2D eigenvalue weighted by Gasteiger charge is 2.15. The molecule has 0 aliphatic carbocycles. The third-order valence-corrected chi connectivity index (χ3v) is 3.81. The third-order valence-electron chi connectivity index (χ3n) is 3.81. The summed E-state index contributed by atoms with van der Waals surface area (Å²) in [6.45, 7) is 4.61. The lowest BCUT2D eigenvalue weighted by molar-refractivity contribution is -0.117. The highest BCUT2D eigenvalue weighted by atomic mass is 16.5. The molecule has 142 valence electrons. The Morgan fingerprint density at radius 2 is 1.92 bits per heavy atom. The van der Waals surface area contributed by atoms with Crippen molar-refractivity contribution in [3.8, 4) is 11.5 Å². The van der Waals surface area contributed by atoms with E-state index < -0.39 is 0 Å². The zero-order valence-electron chi connectivity index (χ0n) is 16.4. The summed E-state index contributed by atoms with van der Waals surface area (Å²) < 4.78 is 15.7. The molecule has 0 amide bonds. The molecule has 1 rings (SSSR count). The van der Waals surface area contributed by atoms with Gasteiger partial charge >= 0.3 is 0 Å². The predicted octanol–water partition coefficient (Wildman–Crippen LogP) is 4.09. The number of ketones is 1. The maximum Gasteiger partial charge on any atom is 0.182 e. The highest BCUT2D eigenvalue weighted by molar-refractivity contribution is 5.84. The lowest BCUT2D eigenvalue weighted by Gasteiger charge is -2.11. The Kier molecular flexibility index (Phi) is 10.0. The number of hydrogen-bond donors (Lipinski definition) is 0. The molecule has 0 N–H and O–H groups in total. The number of pyridine rings is 1. The van der Waals surface area contributed by atoms with Crippen molar-refractivity contribution in [3.05, 3.63) is 53.4 Å². The minimum absolute atomic E-state index is 0.0688. The van der Waals surface area contributed by atoms with Gasteiger partial charge in [-0.25, -0.2) is 0 Å². The molecule has 26 heavy (non-hydrogen) atoms. The van der Waals surface area contributed by atoms with E-state index >= 15 is 0 Å². The number of methoxy groups -OCH3 is 3. The topological polar surface area (TPSA) is 57.7 Å². The van der Waals surface area contributed by atoms with Gasteiger partial charge in [0.15, 0.2) is 11.5 Å². The van der Waals surface area contributed by atoms with Crippen LogP contribution < -0.4 is 9.47 Å². The molecule has 1 heterocycles. The smallest absolute Gasteiger partial charge is 0.182 e. The first kappa shape index (κ1) is 21.6. The van der Waals surface area contributed by atoms with E-state index in [-0.39, 0.29) is 12.2 Å². The molecule has 5 heteroatoms. The summed E-state index contributed by atoms with van der Waals surface area (Å²) in [6.07, 6.45) is 11.1. The minimum atomic E-state index is 0.0688. The van der Waals surface area contributed by atoms with E-state index in [1.54, 1.807) is 33.6 Å². The molecule has 1 aromatic rings. The van der Waals surface area contributed by atoms with E-state index in [0.29, 0.717) is 30.2 Å². The Morgan fingerprint density at radius 3 is 2.54 bits per heavy atom. The monoisotopic (exact) mass is 359 g/mol. The number of carbonyl (C=O) groups is 1. The number of allylic oxidation sites excluding steroid dienone is 5. The summed E-state index contributed by atoms with van der Waals surface area (Å²) >= 11 is 0. The van der Waals surface area contributed by atoms with Crippen molar-refractivity contribution < 1.29 is 19.0 Å².